The van der Waals surface area contributed by atoms with Crippen molar-refractivity contribution in [3.63, 3.8) is 0 Å². The first-order valence-corrected chi connectivity index (χ1v) is 7.34. The first-order chi connectivity index (χ1) is 9.43. The van der Waals surface area contributed by atoms with E-state index < -0.39 is 0 Å². The van der Waals surface area contributed by atoms with Gasteiger partial charge in [-0.15, -0.1) is 0 Å². The second kappa shape index (κ2) is 4.53. The van der Waals surface area contributed by atoms with Crippen LogP contribution in [0.15, 0.2) is 29.3 Å². The lowest BCUT2D eigenvalue weighted by molar-refractivity contribution is 0.349. The van der Waals surface area contributed by atoms with Crippen molar-refractivity contribution >= 4 is 17.3 Å². The van der Waals surface area contributed by atoms with E-state index >= 15 is 0 Å². The average Bonchev–Trinajstić information content (AvgIpc) is 3.14. The molecule has 3 aliphatic heterocycles. The summed E-state index contributed by atoms with van der Waals surface area (Å²) in [5, 5.41) is 0. The lowest BCUT2D eigenvalue weighted by Gasteiger charge is -2.23. The van der Waals surface area contributed by atoms with E-state index in [1.54, 1.807) is 0 Å². The third-order valence-electron chi connectivity index (χ3n) is 4.36. The second-order valence-electron chi connectivity index (χ2n) is 5.52. The van der Waals surface area contributed by atoms with Crippen molar-refractivity contribution in [2.75, 3.05) is 49.1 Å². The topological polar surface area (TPSA) is 22.1 Å². The highest BCUT2D eigenvalue weighted by Crippen LogP contribution is 2.38. The van der Waals surface area contributed by atoms with Gasteiger partial charge < -0.3 is 14.7 Å². The van der Waals surface area contributed by atoms with Crippen molar-refractivity contribution in [2.45, 2.75) is 12.8 Å². The van der Waals surface area contributed by atoms with Gasteiger partial charge in [0.25, 0.3) is 0 Å². The molecule has 1 aromatic rings. The van der Waals surface area contributed by atoms with Gasteiger partial charge in [-0.2, -0.15) is 0 Å². The second-order valence-corrected chi connectivity index (χ2v) is 5.52. The smallest absolute Gasteiger partial charge is 0.206 e. The Morgan fingerprint density at radius 1 is 0.947 bits per heavy atom. The minimum atomic E-state index is 0.934. The third kappa shape index (κ3) is 1.82. The zero-order chi connectivity index (χ0) is 12.7. The van der Waals surface area contributed by atoms with Gasteiger partial charge in [-0.05, 0) is 38.1 Å². The number of aliphatic imine (C=N–C) groups is 1. The molecule has 0 atom stereocenters. The molecule has 0 unspecified atom stereocenters. The fraction of sp³-hybridized carbons (Fsp3) is 0.533. The first kappa shape index (κ1) is 11.3. The molecule has 1 fully saturated rings. The van der Waals surface area contributed by atoms with Gasteiger partial charge in [-0.25, -0.2) is 0 Å². The number of rotatable bonds is 3. The zero-order valence-electron chi connectivity index (χ0n) is 11.3. The van der Waals surface area contributed by atoms with Gasteiger partial charge >= 0.3 is 0 Å². The molecule has 0 aromatic heterocycles. The summed E-state index contributed by atoms with van der Waals surface area (Å²) in [7, 11) is 0. The molecule has 4 rings (SSSR count). The fourth-order valence-corrected chi connectivity index (χ4v) is 3.39. The van der Waals surface area contributed by atoms with Crippen molar-refractivity contribution in [3.8, 4) is 0 Å². The van der Waals surface area contributed by atoms with Crippen molar-refractivity contribution in [3.05, 3.63) is 24.3 Å². The van der Waals surface area contributed by atoms with E-state index in [1.165, 1.54) is 43.3 Å². The van der Waals surface area contributed by atoms with E-state index in [-0.39, 0.29) is 0 Å². The summed E-state index contributed by atoms with van der Waals surface area (Å²) >= 11 is 0. The van der Waals surface area contributed by atoms with E-state index in [2.05, 4.69) is 44.0 Å². The number of hydrogen-bond donors (Lipinski definition) is 0. The number of hydrogen-bond acceptors (Lipinski definition) is 4. The van der Waals surface area contributed by atoms with E-state index in [0.29, 0.717) is 0 Å². The van der Waals surface area contributed by atoms with Gasteiger partial charge in [0.05, 0.1) is 17.9 Å². The summed E-state index contributed by atoms with van der Waals surface area (Å²) in [6, 6.07) is 8.69. The molecule has 4 nitrogen and oxygen atoms in total. The van der Waals surface area contributed by atoms with Crippen LogP contribution in [0, 0.1) is 0 Å². The molecule has 1 saturated heterocycles. The Hall–Kier alpha value is -1.55. The van der Waals surface area contributed by atoms with Crippen LogP contribution in [0.3, 0.4) is 0 Å². The molecular weight excluding hydrogens is 236 g/mol. The van der Waals surface area contributed by atoms with Crippen LogP contribution >= 0.6 is 0 Å². The fourth-order valence-electron chi connectivity index (χ4n) is 3.39. The van der Waals surface area contributed by atoms with Crippen LogP contribution in [0.4, 0.5) is 11.4 Å². The minimum Gasteiger partial charge on any atom is -0.309 e. The van der Waals surface area contributed by atoms with Crippen molar-refractivity contribution < 1.29 is 0 Å². The van der Waals surface area contributed by atoms with Gasteiger partial charge in [0.1, 0.15) is 0 Å². The number of guanidine groups is 1. The van der Waals surface area contributed by atoms with Crippen LogP contribution in [0.2, 0.25) is 0 Å². The molecule has 3 aliphatic rings. The van der Waals surface area contributed by atoms with E-state index in [0.717, 1.165) is 26.2 Å². The highest BCUT2D eigenvalue weighted by atomic mass is 15.5. The Morgan fingerprint density at radius 2 is 1.74 bits per heavy atom. The maximum absolute atomic E-state index is 4.69. The Labute approximate surface area is 114 Å². The summed E-state index contributed by atoms with van der Waals surface area (Å²) in [6.45, 7) is 6.72. The monoisotopic (exact) mass is 256 g/mol. The predicted octanol–water partition coefficient (Wildman–Crippen LogP) is 1.78. The van der Waals surface area contributed by atoms with Crippen LogP contribution < -0.4 is 9.80 Å². The summed E-state index contributed by atoms with van der Waals surface area (Å²) < 4.78 is 0. The Kier molecular flexibility index (Phi) is 2.69. The molecule has 100 valence electrons. The number of anilines is 2. The molecule has 1 aromatic carbocycles. The van der Waals surface area contributed by atoms with Gasteiger partial charge in [0.15, 0.2) is 0 Å². The van der Waals surface area contributed by atoms with Gasteiger partial charge in [-0.1, -0.05) is 12.1 Å². The molecule has 0 N–H and O–H groups in total. The van der Waals surface area contributed by atoms with Crippen LogP contribution in [0.5, 0.6) is 0 Å². The molecular formula is C15H20N4. The normalized spacial score (nSPS) is 21.8. The van der Waals surface area contributed by atoms with Crippen molar-refractivity contribution in [1.82, 2.24) is 4.90 Å². The number of likely N-dealkylation sites (tertiary alicyclic amines) is 1. The first-order valence-electron chi connectivity index (χ1n) is 7.34. The van der Waals surface area contributed by atoms with E-state index in [9.17, 15) is 0 Å². The van der Waals surface area contributed by atoms with Crippen LogP contribution in [-0.2, 0) is 0 Å². The molecule has 0 saturated carbocycles. The predicted molar refractivity (Wildman–Crippen MR) is 79.1 cm³/mol. The Bertz CT molecular complexity index is 505. The number of fused-ring (bicyclic) bond motifs is 3. The number of benzene rings is 1. The quantitative estimate of drug-likeness (QED) is 0.823. The SMILES string of the molecule is c1ccc2c(c1)N1CCN=C1N2CCN1CCCC1. The van der Waals surface area contributed by atoms with Gasteiger partial charge in [0, 0.05) is 19.6 Å². The summed E-state index contributed by atoms with van der Waals surface area (Å²) in [5.41, 5.74) is 2.67. The number of nitrogens with zero attached hydrogens (tertiary/aromatic N) is 4. The number of para-hydroxylation sites is 2. The molecule has 0 amide bonds. The van der Waals surface area contributed by atoms with Crippen LogP contribution in [0.1, 0.15) is 12.8 Å². The minimum absolute atomic E-state index is 0.934. The van der Waals surface area contributed by atoms with Crippen molar-refractivity contribution in [1.29, 1.82) is 0 Å². The van der Waals surface area contributed by atoms with Crippen molar-refractivity contribution in [2.24, 2.45) is 4.99 Å². The Morgan fingerprint density at radius 3 is 2.58 bits per heavy atom. The molecule has 0 spiro atoms. The lowest BCUT2D eigenvalue weighted by Crippen LogP contribution is -2.40. The Balaban J connectivity index is 1.56. The maximum atomic E-state index is 4.69. The van der Waals surface area contributed by atoms with Gasteiger partial charge in [-0.3, -0.25) is 4.99 Å². The molecule has 0 aliphatic carbocycles. The van der Waals surface area contributed by atoms with E-state index in [1.807, 2.05) is 0 Å². The standard InChI is InChI=1S/C15H20N4/c1-2-6-14-13(5-1)18-10-7-16-15(18)19(14)12-11-17-8-3-4-9-17/h1-2,5-6H,3-4,7-12H2. The van der Waals surface area contributed by atoms with E-state index in [4.69, 9.17) is 0 Å². The highest BCUT2D eigenvalue weighted by Gasteiger charge is 2.34. The molecule has 4 heteroatoms. The van der Waals surface area contributed by atoms with Crippen LogP contribution in [-0.4, -0.2) is 50.1 Å². The van der Waals surface area contributed by atoms with Crippen LogP contribution in [0.25, 0.3) is 0 Å². The molecule has 3 heterocycles. The molecule has 19 heavy (non-hydrogen) atoms. The summed E-state index contributed by atoms with van der Waals surface area (Å²) in [6.07, 6.45) is 2.73. The summed E-state index contributed by atoms with van der Waals surface area (Å²) in [4.78, 5) is 12.0. The molecule has 0 radical (unpaired) electrons. The average molecular weight is 256 g/mol. The lowest BCUT2D eigenvalue weighted by atomic mass is 10.2. The summed E-state index contributed by atoms with van der Waals surface area (Å²) in [5.74, 6) is 1.17. The zero-order valence-corrected chi connectivity index (χ0v) is 11.3. The third-order valence-corrected chi connectivity index (χ3v) is 4.36. The highest BCUT2D eigenvalue weighted by molar-refractivity contribution is 6.17. The molecule has 0 bridgehead atoms. The largest absolute Gasteiger partial charge is 0.309 e. The van der Waals surface area contributed by atoms with Gasteiger partial charge in [0.2, 0.25) is 5.96 Å². The maximum Gasteiger partial charge on any atom is 0.206 e.